The van der Waals surface area contributed by atoms with Crippen LogP contribution in [0.4, 0.5) is 5.69 Å². The van der Waals surface area contributed by atoms with E-state index in [-0.39, 0.29) is 23.9 Å². The minimum atomic E-state index is -0.314. The summed E-state index contributed by atoms with van der Waals surface area (Å²) < 4.78 is 0. The Bertz CT molecular complexity index is 571. The van der Waals surface area contributed by atoms with Gasteiger partial charge in [-0.2, -0.15) is 0 Å². The lowest BCUT2D eigenvalue weighted by Crippen LogP contribution is -2.32. The van der Waals surface area contributed by atoms with Crippen LogP contribution in [0, 0.1) is 0 Å². The molecule has 2 amide bonds. The summed E-state index contributed by atoms with van der Waals surface area (Å²) in [5.41, 5.74) is 1.24. The number of nitrogens with zero attached hydrogens (tertiary/aromatic N) is 1. The molecular formula is C15H19N3O2S. The second kappa shape index (κ2) is 6.22. The quantitative estimate of drug-likeness (QED) is 0.833. The number of nitrogens with one attached hydrogen (secondary N) is 2. The van der Waals surface area contributed by atoms with E-state index in [9.17, 15) is 9.59 Å². The molecule has 0 bridgehead atoms. The summed E-state index contributed by atoms with van der Waals surface area (Å²) in [5, 5.41) is 6.21. The largest absolute Gasteiger partial charge is 0.350 e. The number of benzene rings is 1. The molecule has 1 aromatic rings. The zero-order valence-corrected chi connectivity index (χ0v) is 13.2. The van der Waals surface area contributed by atoms with Crippen molar-refractivity contribution in [2.45, 2.75) is 39.3 Å². The maximum atomic E-state index is 12.0. The summed E-state index contributed by atoms with van der Waals surface area (Å²) in [4.78, 5) is 25.5. The Morgan fingerprint density at radius 2 is 2.05 bits per heavy atom. The van der Waals surface area contributed by atoms with Crippen LogP contribution in [0.25, 0.3) is 0 Å². The van der Waals surface area contributed by atoms with E-state index in [0.717, 1.165) is 6.42 Å². The van der Waals surface area contributed by atoms with Crippen LogP contribution in [0.15, 0.2) is 24.3 Å². The number of carbonyl (C=O) groups is 2. The highest BCUT2D eigenvalue weighted by molar-refractivity contribution is 7.80. The summed E-state index contributed by atoms with van der Waals surface area (Å²) in [5.74, 6) is -0.200. The standard InChI is InChI=1S/C15H19N3O2S/c1-4-9(2)16-13(19)11-5-7-12(8-6-11)18-14(20)10(3)17-15(18)21/h5-10H,4H2,1-3H3,(H,16,19)(H,17,21). The van der Waals surface area contributed by atoms with E-state index in [4.69, 9.17) is 12.2 Å². The number of amides is 2. The van der Waals surface area contributed by atoms with E-state index < -0.39 is 0 Å². The van der Waals surface area contributed by atoms with Crippen LogP contribution < -0.4 is 15.5 Å². The number of anilines is 1. The van der Waals surface area contributed by atoms with E-state index in [1.54, 1.807) is 31.2 Å². The topological polar surface area (TPSA) is 61.4 Å². The summed E-state index contributed by atoms with van der Waals surface area (Å²) in [7, 11) is 0. The van der Waals surface area contributed by atoms with Crippen molar-refractivity contribution < 1.29 is 9.59 Å². The fourth-order valence-corrected chi connectivity index (χ4v) is 2.39. The van der Waals surface area contributed by atoms with Crippen molar-refractivity contribution in [3.63, 3.8) is 0 Å². The Morgan fingerprint density at radius 3 is 2.52 bits per heavy atom. The first kappa shape index (κ1) is 15.4. The van der Waals surface area contributed by atoms with Crippen LogP contribution in [0.5, 0.6) is 0 Å². The van der Waals surface area contributed by atoms with Crippen LogP contribution in [-0.2, 0) is 4.79 Å². The molecule has 2 N–H and O–H groups in total. The van der Waals surface area contributed by atoms with Gasteiger partial charge in [0, 0.05) is 11.6 Å². The van der Waals surface area contributed by atoms with Gasteiger partial charge in [-0.3, -0.25) is 14.5 Å². The van der Waals surface area contributed by atoms with Crippen molar-refractivity contribution in [1.82, 2.24) is 10.6 Å². The molecular weight excluding hydrogens is 286 g/mol. The molecule has 0 aliphatic carbocycles. The SMILES string of the molecule is CCC(C)NC(=O)c1ccc(N2C(=O)C(C)NC2=S)cc1. The van der Waals surface area contributed by atoms with Gasteiger partial charge < -0.3 is 10.6 Å². The zero-order chi connectivity index (χ0) is 15.6. The van der Waals surface area contributed by atoms with Gasteiger partial charge in [-0.1, -0.05) is 6.92 Å². The normalized spacial score (nSPS) is 19.4. The molecule has 5 nitrogen and oxygen atoms in total. The van der Waals surface area contributed by atoms with Crippen molar-refractivity contribution in [3.05, 3.63) is 29.8 Å². The number of carbonyl (C=O) groups excluding carboxylic acids is 2. The van der Waals surface area contributed by atoms with Gasteiger partial charge in [0.2, 0.25) is 0 Å². The lowest BCUT2D eigenvalue weighted by Gasteiger charge is -2.16. The summed E-state index contributed by atoms with van der Waals surface area (Å²) in [6, 6.07) is 6.68. The molecule has 2 unspecified atom stereocenters. The molecule has 21 heavy (non-hydrogen) atoms. The first-order chi connectivity index (χ1) is 9.93. The van der Waals surface area contributed by atoms with Crippen LogP contribution in [0.2, 0.25) is 0 Å². The average molecular weight is 305 g/mol. The third-order valence-corrected chi connectivity index (χ3v) is 3.81. The third-order valence-electron chi connectivity index (χ3n) is 3.51. The molecule has 2 atom stereocenters. The smallest absolute Gasteiger partial charge is 0.255 e. The highest BCUT2D eigenvalue weighted by Crippen LogP contribution is 2.20. The maximum absolute atomic E-state index is 12.0. The number of thiocarbonyl (C=S) groups is 1. The van der Waals surface area contributed by atoms with Gasteiger partial charge in [0.15, 0.2) is 5.11 Å². The number of rotatable bonds is 4. The van der Waals surface area contributed by atoms with E-state index in [1.807, 2.05) is 13.8 Å². The van der Waals surface area contributed by atoms with Crippen LogP contribution in [0.1, 0.15) is 37.6 Å². The van der Waals surface area contributed by atoms with Crippen molar-refractivity contribution in [1.29, 1.82) is 0 Å². The van der Waals surface area contributed by atoms with Gasteiger partial charge in [0.25, 0.3) is 11.8 Å². The molecule has 2 rings (SSSR count). The number of hydrogen-bond donors (Lipinski definition) is 2. The first-order valence-corrected chi connectivity index (χ1v) is 7.40. The molecule has 0 radical (unpaired) electrons. The summed E-state index contributed by atoms with van der Waals surface area (Å²) in [6.07, 6.45) is 0.879. The minimum absolute atomic E-state index is 0.0863. The Kier molecular flexibility index (Phi) is 4.57. The molecule has 1 saturated heterocycles. The maximum Gasteiger partial charge on any atom is 0.255 e. The van der Waals surface area contributed by atoms with Gasteiger partial charge in [-0.25, -0.2) is 0 Å². The van der Waals surface area contributed by atoms with Crippen LogP contribution in [0.3, 0.4) is 0 Å². The monoisotopic (exact) mass is 305 g/mol. The van der Waals surface area contributed by atoms with Gasteiger partial charge in [-0.15, -0.1) is 0 Å². The third kappa shape index (κ3) is 3.21. The molecule has 1 aromatic carbocycles. The molecule has 1 fully saturated rings. The van der Waals surface area contributed by atoms with Crippen LogP contribution in [-0.4, -0.2) is 29.0 Å². The van der Waals surface area contributed by atoms with Crippen molar-refractivity contribution in [2.75, 3.05) is 4.90 Å². The summed E-state index contributed by atoms with van der Waals surface area (Å²) >= 11 is 5.15. The lowest BCUT2D eigenvalue weighted by atomic mass is 10.1. The Labute approximate surface area is 129 Å². The molecule has 6 heteroatoms. The molecule has 0 aromatic heterocycles. The van der Waals surface area contributed by atoms with Gasteiger partial charge in [0.05, 0.1) is 5.69 Å². The van der Waals surface area contributed by atoms with E-state index in [2.05, 4.69) is 10.6 Å². The van der Waals surface area contributed by atoms with E-state index in [1.165, 1.54) is 4.90 Å². The second-order valence-corrected chi connectivity index (χ2v) is 5.56. The molecule has 0 spiro atoms. The number of hydrogen-bond acceptors (Lipinski definition) is 3. The Hall–Kier alpha value is -1.95. The molecule has 1 aliphatic heterocycles. The lowest BCUT2D eigenvalue weighted by molar-refractivity contribution is -0.117. The predicted octanol–water partition coefficient (Wildman–Crippen LogP) is 1.82. The van der Waals surface area contributed by atoms with Gasteiger partial charge in [0.1, 0.15) is 6.04 Å². The van der Waals surface area contributed by atoms with Crippen molar-refractivity contribution in [3.8, 4) is 0 Å². The average Bonchev–Trinajstić information content (AvgIpc) is 2.72. The molecule has 1 heterocycles. The molecule has 112 valence electrons. The summed E-state index contributed by atoms with van der Waals surface area (Å²) in [6.45, 7) is 5.74. The Balaban J connectivity index is 2.14. The van der Waals surface area contributed by atoms with Crippen molar-refractivity contribution >= 4 is 34.8 Å². The highest BCUT2D eigenvalue weighted by atomic mass is 32.1. The van der Waals surface area contributed by atoms with Crippen molar-refractivity contribution in [2.24, 2.45) is 0 Å². The van der Waals surface area contributed by atoms with Crippen LogP contribution >= 0.6 is 12.2 Å². The predicted molar refractivity (Wildman–Crippen MR) is 86.3 cm³/mol. The zero-order valence-electron chi connectivity index (χ0n) is 12.3. The van der Waals surface area contributed by atoms with E-state index in [0.29, 0.717) is 16.4 Å². The minimum Gasteiger partial charge on any atom is -0.350 e. The highest BCUT2D eigenvalue weighted by Gasteiger charge is 2.33. The fourth-order valence-electron chi connectivity index (χ4n) is 2.02. The van der Waals surface area contributed by atoms with E-state index >= 15 is 0 Å². The molecule has 1 aliphatic rings. The Morgan fingerprint density at radius 1 is 1.43 bits per heavy atom. The first-order valence-electron chi connectivity index (χ1n) is 6.99. The van der Waals surface area contributed by atoms with Gasteiger partial charge >= 0.3 is 0 Å². The fraction of sp³-hybridized carbons (Fsp3) is 0.400. The second-order valence-electron chi connectivity index (χ2n) is 5.17. The molecule has 0 saturated carbocycles. The van der Waals surface area contributed by atoms with Gasteiger partial charge in [-0.05, 0) is 56.8 Å².